The second kappa shape index (κ2) is 11.7. The summed E-state index contributed by atoms with van der Waals surface area (Å²) in [5.41, 5.74) is 13.7. The molecule has 0 atom stereocenters. The number of nitrogens with zero attached hydrogens (tertiary/aromatic N) is 4. The summed E-state index contributed by atoms with van der Waals surface area (Å²) in [6, 6.07) is 12.1. The lowest BCUT2D eigenvalue weighted by atomic mass is 10.2. The summed E-state index contributed by atoms with van der Waals surface area (Å²) in [4.78, 5) is 13.6. The largest absolute Gasteiger partial charge is 0.329 e. The Bertz CT molecular complexity index is 511. The van der Waals surface area contributed by atoms with E-state index in [0.717, 1.165) is 57.1 Å². The van der Waals surface area contributed by atoms with E-state index in [1.807, 2.05) is 36.7 Å². The zero-order valence-corrected chi connectivity index (χ0v) is 14.9. The van der Waals surface area contributed by atoms with Gasteiger partial charge in [-0.05, 0) is 43.8 Å². The normalized spacial score (nSPS) is 11.4. The van der Waals surface area contributed by atoms with Crippen LogP contribution >= 0.6 is 0 Å². The van der Waals surface area contributed by atoms with E-state index in [9.17, 15) is 0 Å². The van der Waals surface area contributed by atoms with E-state index in [0.29, 0.717) is 13.1 Å². The van der Waals surface area contributed by atoms with Gasteiger partial charge in [0.1, 0.15) is 0 Å². The van der Waals surface area contributed by atoms with Crippen LogP contribution in [0.4, 0.5) is 0 Å². The van der Waals surface area contributed by atoms with Crippen molar-refractivity contribution in [3.8, 4) is 0 Å². The third-order valence-corrected chi connectivity index (χ3v) is 4.06. The van der Waals surface area contributed by atoms with Gasteiger partial charge in [-0.3, -0.25) is 19.8 Å². The zero-order chi connectivity index (χ0) is 17.7. The first-order valence-corrected chi connectivity index (χ1v) is 8.96. The van der Waals surface area contributed by atoms with Gasteiger partial charge in [-0.25, -0.2) is 0 Å². The van der Waals surface area contributed by atoms with Crippen molar-refractivity contribution in [1.29, 1.82) is 0 Å². The zero-order valence-electron chi connectivity index (χ0n) is 14.9. The van der Waals surface area contributed by atoms with Crippen molar-refractivity contribution in [3.63, 3.8) is 0 Å². The molecule has 0 saturated carbocycles. The summed E-state index contributed by atoms with van der Waals surface area (Å²) >= 11 is 0. The highest BCUT2D eigenvalue weighted by molar-refractivity contribution is 5.04. The molecular formula is C19H30N6. The molecule has 0 bridgehead atoms. The fourth-order valence-corrected chi connectivity index (χ4v) is 2.86. The van der Waals surface area contributed by atoms with E-state index in [-0.39, 0.29) is 0 Å². The van der Waals surface area contributed by atoms with E-state index < -0.39 is 0 Å². The maximum Gasteiger partial charge on any atom is 0.0543 e. The van der Waals surface area contributed by atoms with E-state index in [1.54, 1.807) is 0 Å². The molecule has 0 aliphatic rings. The number of rotatable bonds is 12. The quantitative estimate of drug-likeness (QED) is 0.601. The summed E-state index contributed by atoms with van der Waals surface area (Å²) < 4.78 is 0. The monoisotopic (exact) mass is 342 g/mol. The molecule has 0 unspecified atom stereocenters. The first-order valence-electron chi connectivity index (χ1n) is 8.96. The van der Waals surface area contributed by atoms with Gasteiger partial charge in [0.15, 0.2) is 0 Å². The van der Waals surface area contributed by atoms with E-state index in [2.05, 4.69) is 31.9 Å². The van der Waals surface area contributed by atoms with E-state index in [1.165, 1.54) is 0 Å². The average Bonchev–Trinajstić information content (AvgIpc) is 2.64. The van der Waals surface area contributed by atoms with Gasteiger partial charge in [0.25, 0.3) is 0 Å². The molecule has 2 aromatic heterocycles. The van der Waals surface area contributed by atoms with Crippen molar-refractivity contribution >= 4 is 0 Å². The second-order valence-electron chi connectivity index (χ2n) is 6.13. The highest BCUT2D eigenvalue weighted by atomic mass is 15.2. The number of aromatic nitrogens is 2. The minimum Gasteiger partial charge on any atom is -0.329 e. The minimum absolute atomic E-state index is 0.660. The van der Waals surface area contributed by atoms with Crippen LogP contribution in [0.25, 0.3) is 0 Å². The molecule has 4 N–H and O–H groups in total. The Balaban J connectivity index is 1.81. The van der Waals surface area contributed by atoms with Crippen LogP contribution in [-0.4, -0.2) is 59.0 Å². The summed E-state index contributed by atoms with van der Waals surface area (Å²) in [6.07, 6.45) is 4.75. The smallest absolute Gasteiger partial charge is 0.0543 e. The SMILES string of the molecule is NCCN(CCCN(CCN)Cc1ccccn1)Cc1ccccn1. The van der Waals surface area contributed by atoms with Crippen molar-refractivity contribution in [2.24, 2.45) is 11.5 Å². The third-order valence-electron chi connectivity index (χ3n) is 4.06. The van der Waals surface area contributed by atoms with Crippen molar-refractivity contribution in [1.82, 2.24) is 19.8 Å². The van der Waals surface area contributed by atoms with Crippen LogP contribution in [0.3, 0.4) is 0 Å². The van der Waals surface area contributed by atoms with E-state index >= 15 is 0 Å². The molecule has 0 aliphatic carbocycles. The molecular weight excluding hydrogens is 312 g/mol. The molecule has 0 saturated heterocycles. The molecule has 0 aliphatic heterocycles. The van der Waals surface area contributed by atoms with Crippen LogP contribution in [-0.2, 0) is 13.1 Å². The minimum atomic E-state index is 0.660. The molecule has 2 rings (SSSR count). The Morgan fingerprint density at radius 2 is 1.16 bits per heavy atom. The molecule has 0 fully saturated rings. The summed E-state index contributed by atoms with van der Waals surface area (Å²) in [5, 5.41) is 0. The lowest BCUT2D eigenvalue weighted by molar-refractivity contribution is 0.220. The summed E-state index contributed by atoms with van der Waals surface area (Å²) in [6.45, 7) is 6.76. The van der Waals surface area contributed by atoms with Crippen molar-refractivity contribution in [2.75, 3.05) is 39.3 Å². The van der Waals surface area contributed by atoms with Gasteiger partial charge < -0.3 is 11.5 Å². The Morgan fingerprint density at radius 3 is 1.52 bits per heavy atom. The first-order chi connectivity index (χ1) is 12.3. The maximum atomic E-state index is 5.77. The van der Waals surface area contributed by atoms with Gasteiger partial charge in [0.2, 0.25) is 0 Å². The van der Waals surface area contributed by atoms with Crippen LogP contribution < -0.4 is 11.5 Å². The van der Waals surface area contributed by atoms with Crippen LogP contribution in [0.15, 0.2) is 48.8 Å². The lowest BCUT2D eigenvalue weighted by Gasteiger charge is -2.25. The Morgan fingerprint density at radius 1 is 0.680 bits per heavy atom. The standard InChI is InChI=1S/C19H30N6/c20-8-14-24(16-18-6-1-3-10-22-18)12-5-13-25(15-9-21)17-19-7-2-4-11-23-19/h1-4,6-7,10-11H,5,8-9,12-17,20-21H2. The Kier molecular flexibility index (Phi) is 9.07. The fraction of sp³-hybridized carbons (Fsp3) is 0.474. The topological polar surface area (TPSA) is 84.3 Å². The van der Waals surface area contributed by atoms with Gasteiger partial charge in [-0.2, -0.15) is 0 Å². The van der Waals surface area contributed by atoms with E-state index in [4.69, 9.17) is 11.5 Å². The van der Waals surface area contributed by atoms with Crippen molar-refractivity contribution in [3.05, 3.63) is 60.2 Å². The van der Waals surface area contributed by atoms with Gasteiger partial charge >= 0.3 is 0 Å². The molecule has 0 spiro atoms. The number of hydrogen-bond acceptors (Lipinski definition) is 6. The third kappa shape index (κ3) is 7.70. The highest BCUT2D eigenvalue weighted by Crippen LogP contribution is 2.05. The number of pyridine rings is 2. The molecule has 0 aromatic carbocycles. The maximum absolute atomic E-state index is 5.77. The summed E-state index contributed by atoms with van der Waals surface area (Å²) in [7, 11) is 0. The average molecular weight is 342 g/mol. The summed E-state index contributed by atoms with van der Waals surface area (Å²) in [5.74, 6) is 0. The molecule has 0 amide bonds. The van der Waals surface area contributed by atoms with Gasteiger partial charge in [-0.1, -0.05) is 12.1 Å². The predicted octanol–water partition coefficient (Wildman–Crippen LogP) is 1.09. The van der Waals surface area contributed by atoms with Crippen molar-refractivity contribution in [2.45, 2.75) is 19.5 Å². The lowest BCUT2D eigenvalue weighted by Crippen LogP contribution is -2.34. The molecule has 2 aromatic rings. The predicted molar refractivity (Wildman–Crippen MR) is 102 cm³/mol. The molecule has 136 valence electrons. The fourth-order valence-electron chi connectivity index (χ4n) is 2.86. The van der Waals surface area contributed by atoms with Gasteiger partial charge in [0.05, 0.1) is 11.4 Å². The molecule has 6 heteroatoms. The first kappa shape index (κ1) is 19.5. The van der Waals surface area contributed by atoms with Crippen LogP contribution in [0, 0.1) is 0 Å². The van der Waals surface area contributed by atoms with Crippen LogP contribution in [0.5, 0.6) is 0 Å². The highest BCUT2D eigenvalue weighted by Gasteiger charge is 2.09. The van der Waals surface area contributed by atoms with Crippen LogP contribution in [0.1, 0.15) is 17.8 Å². The Hall–Kier alpha value is -1.86. The second-order valence-corrected chi connectivity index (χ2v) is 6.13. The molecule has 2 heterocycles. The number of hydrogen-bond donors (Lipinski definition) is 2. The Labute approximate surface area is 150 Å². The van der Waals surface area contributed by atoms with Crippen LogP contribution in [0.2, 0.25) is 0 Å². The molecule has 25 heavy (non-hydrogen) atoms. The molecule has 0 radical (unpaired) electrons. The van der Waals surface area contributed by atoms with Gasteiger partial charge in [0, 0.05) is 51.7 Å². The van der Waals surface area contributed by atoms with Gasteiger partial charge in [-0.15, -0.1) is 0 Å². The number of nitrogens with two attached hydrogens (primary N) is 2. The molecule has 6 nitrogen and oxygen atoms in total. The van der Waals surface area contributed by atoms with Crippen molar-refractivity contribution < 1.29 is 0 Å².